The predicted octanol–water partition coefficient (Wildman–Crippen LogP) is -3.80. The number of nitrogens with two attached hydrogens (primary N) is 1. The molecule has 0 rings (SSSR count). The van der Waals surface area contributed by atoms with Gasteiger partial charge in [-0.1, -0.05) is 0 Å². The van der Waals surface area contributed by atoms with Gasteiger partial charge in [0.25, 0.3) is 0 Å². The number of aliphatic carboxylic acids is 3. The minimum absolute atomic E-state index is 0.467. The zero-order valence-electron chi connectivity index (χ0n) is 15.5. The average Bonchev–Trinajstić information content (AvgIpc) is 2.60. The molecule has 0 radical (unpaired) electrons. The Morgan fingerprint density at radius 2 is 1.28 bits per heavy atom. The Balaban J connectivity index is 5.42. The van der Waals surface area contributed by atoms with Gasteiger partial charge in [0, 0.05) is 6.42 Å². The van der Waals surface area contributed by atoms with Crippen LogP contribution in [0.3, 0.4) is 0 Å². The van der Waals surface area contributed by atoms with Gasteiger partial charge in [0.1, 0.15) is 18.1 Å². The molecule has 14 nitrogen and oxygen atoms in total. The summed E-state index contributed by atoms with van der Waals surface area (Å²) in [6.07, 6.45) is -1.91. The molecule has 0 aliphatic carbocycles. The van der Waals surface area contributed by atoms with Crippen molar-refractivity contribution in [3.05, 3.63) is 0 Å². The van der Waals surface area contributed by atoms with Crippen molar-refractivity contribution in [2.75, 3.05) is 6.61 Å². The van der Waals surface area contributed by atoms with Gasteiger partial charge in [-0.15, -0.1) is 0 Å². The van der Waals surface area contributed by atoms with Crippen molar-refractivity contribution in [3.8, 4) is 0 Å². The highest BCUT2D eigenvalue weighted by atomic mass is 16.4. The molecule has 9 N–H and O–H groups in total. The number of carbonyl (C=O) groups excluding carboxylic acids is 3. The largest absolute Gasteiger partial charge is 0.481 e. The van der Waals surface area contributed by atoms with Crippen LogP contribution in [-0.2, 0) is 28.8 Å². The Morgan fingerprint density at radius 1 is 0.793 bits per heavy atom. The van der Waals surface area contributed by atoms with Gasteiger partial charge >= 0.3 is 17.9 Å². The summed E-state index contributed by atoms with van der Waals surface area (Å²) in [5, 5.41) is 41.6. The standard InChI is InChI=1S/C15H24N4O10/c1-6(16)12(25)18-8(4-11(23)24)14(27)17-7(2-3-10(21)22)13(26)19-9(5-20)15(28)29/h6-9,20H,2-5,16H2,1H3,(H,17,27)(H,18,25)(H,19,26)(H,21,22)(H,23,24)(H,28,29)/t6-,7-,8-,9-/m0/s1. The maximum absolute atomic E-state index is 12.4. The van der Waals surface area contributed by atoms with Gasteiger partial charge in [0.2, 0.25) is 17.7 Å². The lowest BCUT2D eigenvalue weighted by Gasteiger charge is -2.23. The summed E-state index contributed by atoms with van der Waals surface area (Å²) in [6.45, 7) is 0.321. The second-order valence-electron chi connectivity index (χ2n) is 6.02. The van der Waals surface area contributed by atoms with Gasteiger partial charge in [-0.25, -0.2) is 4.79 Å². The molecule has 0 unspecified atom stereocenters. The van der Waals surface area contributed by atoms with Crippen LogP contribution in [0, 0.1) is 0 Å². The molecule has 0 aliphatic heterocycles. The van der Waals surface area contributed by atoms with E-state index < -0.39 is 85.7 Å². The third kappa shape index (κ3) is 10.0. The third-order valence-corrected chi connectivity index (χ3v) is 3.50. The van der Waals surface area contributed by atoms with Crippen LogP contribution in [0.1, 0.15) is 26.2 Å². The maximum atomic E-state index is 12.4. The molecule has 0 aromatic carbocycles. The first-order valence-corrected chi connectivity index (χ1v) is 8.33. The summed E-state index contributed by atoms with van der Waals surface area (Å²) in [5.41, 5.74) is 5.34. The van der Waals surface area contributed by atoms with Gasteiger partial charge in [-0.05, 0) is 13.3 Å². The Kier molecular flexibility index (Phi) is 10.9. The fourth-order valence-electron chi connectivity index (χ4n) is 1.95. The number of carboxylic acids is 3. The average molecular weight is 420 g/mol. The number of carboxylic acid groups (broad SMARTS) is 3. The Morgan fingerprint density at radius 3 is 1.69 bits per heavy atom. The lowest BCUT2D eigenvalue weighted by molar-refractivity contribution is -0.144. The summed E-state index contributed by atoms with van der Waals surface area (Å²) in [6, 6.07) is -5.97. The zero-order valence-corrected chi connectivity index (χ0v) is 15.5. The number of aliphatic hydroxyl groups excluding tert-OH is 1. The minimum atomic E-state index is -1.71. The van der Waals surface area contributed by atoms with Crippen LogP contribution in [0.25, 0.3) is 0 Å². The van der Waals surface area contributed by atoms with Crippen LogP contribution in [0.2, 0.25) is 0 Å². The topological polar surface area (TPSA) is 245 Å². The van der Waals surface area contributed by atoms with Crippen LogP contribution < -0.4 is 21.7 Å². The fourth-order valence-corrected chi connectivity index (χ4v) is 1.95. The maximum Gasteiger partial charge on any atom is 0.328 e. The van der Waals surface area contributed by atoms with Crippen LogP contribution in [0.4, 0.5) is 0 Å². The highest BCUT2D eigenvalue weighted by molar-refractivity contribution is 5.95. The highest BCUT2D eigenvalue weighted by Crippen LogP contribution is 2.02. The molecule has 164 valence electrons. The SMILES string of the molecule is C[C@H](N)C(=O)N[C@@H](CC(=O)O)C(=O)N[C@@H](CCC(=O)O)C(=O)N[C@@H](CO)C(=O)O. The summed E-state index contributed by atoms with van der Waals surface area (Å²) < 4.78 is 0. The lowest BCUT2D eigenvalue weighted by atomic mass is 10.1. The van der Waals surface area contributed by atoms with Crippen LogP contribution in [-0.4, -0.2) is 86.8 Å². The molecular weight excluding hydrogens is 396 g/mol. The van der Waals surface area contributed by atoms with Gasteiger partial charge in [-0.3, -0.25) is 24.0 Å². The van der Waals surface area contributed by atoms with E-state index >= 15 is 0 Å². The van der Waals surface area contributed by atoms with Crippen molar-refractivity contribution in [1.29, 1.82) is 0 Å². The van der Waals surface area contributed by atoms with E-state index in [0.717, 1.165) is 0 Å². The third-order valence-electron chi connectivity index (χ3n) is 3.50. The van der Waals surface area contributed by atoms with Crippen molar-refractivity contribution in [3.63, 3.8) is 0 Å². The van der Waals surface area contributed by atoms with E-state index in [1.807, 2.05) is 5.32 Å². The summed E-state index contributed by atoms with van der Waals surface area (Å²) in [5.74, 6) is -7.42. The van der Waals surface area contributed by atoms with Crippen molar-refractivity contribution >= 4 is 35.6 Å². The lowest BCUT2D eigenvalue weighted by Crippen LogP contribution is -2.57. The second-order valence-corrected chi connectivity index (χ2v) is 6.02. The molecule has 0 spiro atoms. The Bertz CT molecular complexity index is 651. The normalized spacial score (nSPS) is 14.6. The molecule has 3 amide bonds. The molecular formula is C15H24N4O10. The van der Waals surface area contributed by atoms with Crippen LogP contribution in [0.15, 0.2) is 0 Å². The number of hydrogen-bond acceptors (Lipinski definition) is 8. The fraction of sp³-hybridized carbons (Fsp3) is 0.600. The summed E-state index contributed by atoms with van der Waals surface area (Å²) >= 11 is 0. The molecule has 0 saturated carbocycles. The van der Waals surface area contributed by atoms with E-state index in [4.69, 9.17) is 26.2 Å². The van der Waals surface area contributed by atoms with Crippen LogP contribution in [0.5, 0.6) is 0 Å². The minimum Gasteiger partial charge on any atom is -0.481 e. The number of amides is 3. The van der Waals surface area contributed by atoms with Gasteiger partial charge in [-0.2, -0.15) is 0 Å². The first-order chi connectivity index (χ1) is 13.4. The first-order valence-electron chi connectivity index (χ1n) is 8.33. The first kappa shape index (κ1) is 25.7. The number of hydrogen-bond donors (Lipinski definition) is 8. The Hall–Kier alpha value is -3.26. The van der Waals surface area contributed by atoms with E-state index in [2.05, 4.69) is 10.6 Å². The summed E-state index contributed by atoms with van der Waals surface area (Å²) in [4.78, 5) is 68.9. The van der Waals surface area contributed by atoms with Gasteiger partial charge < -0.3 is 42.1 Å². The molecule has 14 heteroatoms. The Labute approximate surface area is 164 Å². The van der Waals surface area contributed by atoms with Crippen molar-refractivity contribution < 1.29 is 49.2 Å². The molecule has 0 aromatic rings. The van der Waals surface area contributed by atoms with E-state index in [1.165, 1.54) is 6.92 Å². The monoisotopic (exact) mass is 420 g/mol. The molecule has 0 bridgehead atoms. The molecule has 0 fully saturated rings. The molecule has 0 aromatic heterocycles. The van der Waals surface area contributed by atoms with Crippen molar-refractivity contribution in [2.45, 2.75) is 50.4 Å². The van der Waals surface area contributed by atoms with Crippen molar-refractivity contribution in [2.24, 2.45) is 5.73 Å². The van der Waals surface area contributed by atoms with Gasteiger partial charge in [0.15, 0.2) is 0 Å². The molecule has 29 heavy (non-hydrogen) atoms. The number of nitrogens with one attached hydrogen (secondary N) is 3. The molecule has 0 saturated heterocycles. The number of aliphatic hydroxyl groups is 1. The van der Waals surface area contributed by atoms with E-state index in [0.29, 0.717) is 0 Å². The van der Waals surface area contributed by atoms with Gasteiger partial charge in [0.05, 0.1) is 19.1 Å². The highest BCUT2D eigenvalue weighted by Gasteiger charge is 2.31. The molecule has 4 atom stereocenters. The predicted molar refractivity (Wildman–Crippen MR) is 93.3 cm³/mol. The zero-order chi connectivity index (χ0) is 22.7. The molecule has 0 aliphatic rings. The van der Waals surface area contributed by atoms with Crippen LogP contribution >= 0.6 is 0 Å². The smallest absolute Gasteiger partial charge is 0.328 e. The van der Waals surface area contributed by atoms with E-state index in [9.17, 15) is 28.8 Å². The molecule has 0 heterocycles. The van der Waals surface area contributed by atoms with E-state index in [1.54, 1.807) is 0 Å². The number of rotatable bonds is 13. The van der Waals surface area contributed by atoms with E-state index in [-0.39, 0.29) is 0 Å². The summed E-state index contributed by atoms with van der Waals surface area (Å²) in [7, 11) is 0. The van der Waals surface area contributed by atoms with Crippen molar-refractivity contribution in [1.82, 2.24) is 16.0 Å². The second kappa shape index (κ2) is 12.2. The number of carbonyl (C=O) groups is 6. The quantitative estimate of drug-likeness (QED) is 0.143.